The smallest absolute Gasteiger partial charge is 0.417 e. The molecule has 1 fully saturated rings. The predicted octanol–water partition coefficient (Wildman–Crippen LogP) is 4.81. The number of piperidine rings is 1. The maximum Gasteiger partial charge on any atom is 0.417 e. The third-order valence-corrected chi connectivity index (χ3v) is 4.19. The molecule has 3 rings (SSSR count). The normalized spacial score (nSPS) is 14.3. The van der Waals surface area contributed by atoms with E-state index in [0.717, 1.165) is 44.1 Å². The first kappa shape index (κ1) is 24.9. The second-order valence-electron chi connectivity index (χ2n) is 6.14. The highest BCUT2D eigenvalue weighted by Crippen LogP contribution is 2.31. The third kappa shape index (κ3) is 6.73. The van der Waals surface area contributed by atoms with Crippen molar-refractivity contribution in [3.63, 3.8) is 0 Å². The van der Waals surface area contributed by atoms with Gasteiger partial charge in [0.1, 0.15) is 0 Å². The summed E-state index contributed by atoms with van der Waals surface area (Å²) in [6, 6.07) is 5.65. The molecule has 1 aliphatic heterocycles. The summed E-state index contributed by atoms with van der Waals surface area (Å²) in [7, 11) is 0. The monoisotopic (exact) mass is 455 g/mol. The minimum absolute atomic E-state index is 0. The van der Waals surface area contributed by atoms with Crippen LogP contribution in [0.15, 0.2) is 36.5 Å². The molecule has 160 valence electrons. The van der Waals surface area contributed by atoms with E-state index in [4.69, 9.17) is 4.74 Å². The molecule has 1 saturated heterocycles. The molecule has 0 saturated carbocycles. The van der Waals surface area contributed by atoms with E-state index in [1.165, 1.54) is 12.1 Å². The topological polar surface area (TPSA) is 63.2 Å². The van der Waals surface area contributed by atoms with Gasteiger partial charge in [-0.15, -0.1) is 24.8 Å². The second-order valence-corrected chi connectivity index (χ2v) is 6.14. The van der Waals surface area contributed by atoms with Gasteiger partial charge < -0.3 is 15.4 Å². The summed E-state index contributed by atoms with van der Waals surface area (Å²) >= 11 is 0. The van der Waals surface area contributed by atoms with E-state index in [1.807, 2.05) is 0 Å². The maximum absolute atomic E-state index is 14.2. The first-order valence-electron chi connectivity index (χ1n) is 8.35. The lowest BCUT2D eigenvalue weighted by Crippen LogP contribution is -2.34. The molecule has 1 aliphatic rings. The van der Waals surface area contributed by atoms with Crippen LogP contribution in [0.5, 0.6) is 11.6 Å². The van der Waals surface area contributed by atoms with E-state index < -0.39 is 17.6 Å². The molecule has 0 atom stereocenters. The molecular formula is C18H19Cl2F4N3O2. The Morgan fingerprint density at radius 3 is 2.38 bits per heavy atom. The van der Waals surface area contributed by atoms with Gasteiger partial charge in [-0.25, -0.2) is 9.37 Å². The first-order chi connectivity index (χ1) is 12.8. The van der Waals surface area contributed by atoms with Crippen LogP contribution in [-0.2, 0) is 11.0 Å². The van der Waals surface area contributed by atoms with Crippen LogP contribution < -0.4 is 15.4 Å². The Balaban J connectivity index is 0.00000210. The van der Waals surface area contributed by atoms with Crippen LogP contribution in [0.1, 0.15) is 18.4 Å². The summed E-state index contributed by atoms with van der Waals surface area (Å²) in [5, 5.41) is 5.82. The fourth-order valence-electron chi connectivity index (χ4n) is 2.71. The summed E-state index contributed by atoms with van der Waals surface area (Å²) in [5.74, 6) is -1.44. The van der Waals surface area contributed by atoms with Crippen molar-refractivity contribution in [1.29, 1.82) is 0 Å². The van der Waals surface area contributed by atoms with Gasteiger partial charge in [-0.3, -0.25) is 4.79 Å². The molecule has 11 heteroatoms. The molecule has 2 aromatic rings. The second kappa shape index (κ2) is 10.6. The van der Waals surface area contributed by atoms with Crippen molar-refractivity contribution in [3.05, 3.63) is 47.9 Å². The lowest BCUT2D eigenvalue weighted by Gasteiger charge is -2.21. The van der Waals surface area contributed by atoms with Gasteiger partial charge in [0.25, 0.3) is 0 Å². The summed E-state index contributed by atoms with van der Waals surface area (Å²) in [6.45, 7) is 1.53. The zero-order chi connectivity index (χ0) is 19.4. The molecule has 2 heterocycles. The fourth-order valence-corrected chi connectivity index (χ4v) is 2.71. The molecule has 0 spiro atoms. The van der Waals surface area contributed by atoms with Gasteiger partial charge in [-0.2, -0.15) is 13.2 Å². The molecule has 2 N–H and O–H groups in total. The number of hydrogen-bond acceptors (Lipinski definition) is 4. The van der Waals surface area contributed by atoms with Crippen LogP contribution in [0.2, 0.25) is 0 Å². The number of pyridine rings is 1. The summed E-state index contributed by atoms with van der Waals surface area (Å²) in [4.78, 5) is 15.7. The summed E-state index contributed by atoms with van der Waals surface area (Å²) < 4.78 is 56.9. The Bertz CT molecular complexity index is 814. The van der Waals surface area contributed by atoms with Gasteiger partial charge in [0, 0.05) is 29.9 Å². The molecule has 5 nitrogen and oxygen atoms in total. The highest BCUT2D eigenvalue weighted by molar-refractivity contribution is 5.92. The number of aromatic nitrogens is 1. The number of nitrogens with zero attached hydrogens (tertiary/aromatic N) is 1. The van der Waals surface area contributed by atoms with Gasteiger partial charge in [0.15, 0.2) is 11.6 Å². The number of hydrogen-bond donors (Lipinski definition) is 2. The van der Waals surface area contributed by atoms with Gasteiger partial charge in [-0.1, -0.05) is 0 Å². The third-order valence-electron chi connectivity index (χ3n) is 4.19. The SMILES string of the molecule is Cl.Cl.O=C(Nc1ccc(Oc2ccc(C(F)(F)F)cn2)c(F)c1)C1CCNCC1. The van der Waals surface area contributed by atoms with Crippen LogP contribution in [-0.4, -0.2) is 24.0 Å². The number of ether oxygens (including phenoxy) is 1. The Morgan fingerprint density at radius 2 is 1.83 bits per heavy atom. The average molecular weight is 456 g/mol. The Labute approximate surface area is 177 Å². The van der Waals surface area contributed by atoms with Crippen molar-refractivity contribution in [1.82, 2.24) is 10.3 Å². The average Bonchev–Trinajstić information content (AvgIpc) is 2.64. The van der Waals surface area contributed by atoms with Gasteiger partial charge in [-0.05, 0) is 44.1 Å². The van der Waals surface area contributed by atoms with Crippen LogP contribution in [0.4, 0.5) is 23.2 Å². The molecule has 1 amide bonds. The number of halogens is 6. The standard InChI is InChI=1S/C18H17F4N3O2.2ClH/c19-14-9-13(25-17(26)11-5-7-23-8-6-11)2-3-15(14)27-16-4-1-12(10-24-16)18(20,21)22;;/h1-4,9-11,23H,5-8H2,(H,25,26);2*1H. The summed E-state index contributed by atoms with van der Waals surface area (Å²) in [5.41, 5.74) is -0.643. The Hall–Kier alpha value is -2.10. The van der Waals surface area contributed by atoms with Crippen molar-refractivity contribution in [2.24, 2.45) is 5.92 Å². The number of carbonyl (C=O) groups excluding carboxylic acids is 1. The van der Waals surface area contributed by atoms with E-state index in [2.05, 4.69) is 15.6 Å². The van der Waals surface area contributed by atoms with E-state index >= 15 is 0 Å². The highest BCUT2D eigenvalue weighted by Gasteiger charge is 2.30. The predicted molar refractivity (Wildman–Crippen MR) is 104 cm³/mol. The van der Waals surface area contributed by atoms with E-state index in [-0.39, 0.29) is 54.0 Å². The lowest BCUT2D eigenvalue weighted by molar-refractivity contribution is -0.137. The summed E-state index contributed by atoms with van der Waals surface area (Å²) in [6.07, 6.45) is -2.46. The minimum atomic E-state index is -4.51. The van der Waals surface area contributed by atoms with Crippen molar-refractivity contribution in [2.45, 2.75) is 19.0 Å². The number of amides is 1. The van der Waals surface area contributed by atoms with Gasteiger partial charge in [0.2, 0.25) is 11.8 Å². The number of anilines is 1. The number of rotatable bonds is 4. The quantitative estimate of drug-likeness (QED) is 0.649. The van der Waals surface area contributed by atoms with Crippen molar-refractivity contribution < 1.29 is 27.1 Å². The maximum atomic E-state index is 14.2. The molecule has 29 heavy (non-hydrogen) atoms. The van der Waals surface area contributed by atoms with Gasteiger partial charge in [0.05, 0.1) is 5.56 Å². The van der Waals surface area contributed by atoms with E-state index in [0.29, 0.717) is 6.20 Å². The zero-order valence-corrected chi connectivity index (χ0v) is 16.6. The zero-order valence-electron chi connectivity index (χ0n) is 15.0. The van der Waals surface area contributed by atoms with Crippen LogP contribution in [0, 0.1) is 11.7 Å². The molecule has 0 unspecified atom stereocenters. The van der Waals surface area contributed by atoms with Crippen molar-refractivity contribution >= 4 is 36.4 Å². The molecular weight excluding hydrogens is 437 g/mol. The van der Waals surface area contributed by atoms with Crippen LogP contribution in [0.25, 0.3) is 0 Å². The number of benzene rings is 1. The Kier molecular flexibility index (Phi) is 9.13. The number of carbonyl (C=O) groups is 1. The fraction of sp³-hybridized carbons (Fsp3) is 0.333. The molecule has 0 radical (unpaired) electrons. The van der Waals surface area contributed by atoms with Gasteiger partial charge >= 0.3 is 6.18 Å². The lowest BCUT2D eigenvalue weighted by atomic mass is 9.97. The Morgan fingerprint density at radius 1 is 1.14 bits per heavy atom. The number of alkyl halides is 3. The molecule has 1 aromatic heterocycles. The minimum Gasteiger partial charge on any atom is -0.436 e. The molecule has 0 aliphatic carbocycles. The molecule has 1 aromatic carbocycles. The largest absolute Gasteiger partial charge is 0.436 e. The number of nitrogens with one attached hydrogen (secondary N) is 2. The van der Waals surface area contributed by atoms with Crippen LogP contribution in [0.3, 0.4) is 0 Å². The van der Waals surface area contributed by atoms with Crippen molar-refractivity contribution in [3.8, 4) is 11.6 Å². The van der Waals surface area contributed by atoms with Crippen molar-refractivity contribution in [2.75, 3.05) is 18.4 Å². The van der Waals surface area contributed by atoms with Crippen LogP contribution >= 0.6 is 24.8 Å². The first-order valence-corrected chi connectivity index (χ1v) is 8.35. The van der Waals surface area contributed by atoms with E-state index in [9.17, 15) is 22.4 Å². The molecule has 0 bridgehead atoms. The highest BCUT2D eigenvalue weighted by atomic mass is 35.5. The van der Waals surface area contributed by atoms with E-state index in [1.54, 1.807) is 0 Å².